The monoisotopic (exact) mass is 432 g/mol. The van der Waals surface area contributed by atoms with E-state index >= 15 is 0 Å². The van der Waals surface area contributed by atoms with Gasteiger partial charge in [-0.15, -0.1) is 0 Å². The maximum Gasteiger partial charge on any atom is 0.271 e. The summed E-state index contributed by atoms with van der Waals surface area (Å²) in [5.41, 5.74) is 1.11. The van der Waals surface area contributed by atoms with E-state index in [2.05, 4.69) is 4.98 Å². The van der Waals surface area contributed by atoms with Crippen LogP contribution in [0.3, 0.4) is 0 Å². The second-order valence-electron chi connectivity index (χ2n) is 7.24. The van der Waals surface area contributed by atoms with Crippen molar-refractivity contribution in [2.75, 3.05) is 40.3 Å². The highest BCUT2D eigenvalue weighted by Gasteiger charge is 2.28. The molecule has 0 radical (unpaired) electrons. The molecule has 0 aliphatic carbocycles. The number of hydrogen-bond acceptors (Lipinski definition) is 4. The average Bonchev–Trinajstić information content (AvgIpc) is 2.72. The number of rotatable bonds is 3. The van der Waals surface area contributed by atoms with E-state index in [1.54, 1.807) is 32.0 Å². The third kappa shape index (κ3) is 4.43. The van der Waals surface area contributed by atoms with E-state index in [0.29, 0.717) is 24.3 Å². The maximum atomic E-state index is 14.0. The quantitative estimate of drug-likeness (QED) is 0.746. The van der Waals surface area contributed by atoms with Gasteiger partial charge >= 0.3 is 0 Å². The molecule has 1 aliphatic heterocycles. The largest absolute Gasteiger partial charge is 0.343 e. The summed E-state index contributed by atoms with van der Waals surface area (Å²) in [5.74, 6) is -1.55. The number of aryl methyl sites for hydroxylation is 1. The molecule has 0 N–H and O–H groups in total. The Balaban J connectivity index is 1.67. The molecule has 1 aromatic carbocycles. The standard InChI is InChI=1S/C21H22ClFN4O3/c1-13-15(6-7-18(24-13)21(30)25(2)3)19(28)26-8-10-27(11-9-26)20(29)16-5-4-14(22)12-17(16)23/h4-7,12H,8-11H2,1-3H3. The molecule has 0 saturated carbocycles. The maximum absolute atomic E-state index is 14.0. The Labute approximate surface area is 179 Å². The Bertz CT molecular complexity index is 1000. The molecule has 3 rings (SSSR count). The van der Waals surface area contributed by atoms with Crippen LogP contribution in [0.1, 0.15) is 36.9 Å². The van der Waals surface area contributed by atoms with Crippen LogP contribution in [0.4, 0.5) is 4.39 Å². The molecule has 1 saturated heterocycles. The lowest BCUT2D eigenvalue weighted by Gasteiger charge is -2.35. The van der Waals surface area contributed by atoms with Gasteiger partial charge in [-0.1, -0.05) is 11.6 Å². The Kier molecular flexibility index (Phi) is 6.36. The third-order valence-corrected chi connectivity index (χ3v) is 5.19. The first kappa shape index (κ1) is 21.7. The molecule has 0 spiro atoms. The minimum Gasteiger partial charge on any atom is -0.343 e. The van der Waals surface area contributed by atoms with Gasteiger partial charge in [0.2, 0.25) is 0 Å². The van der Waals surface area contributed by atoms with E-state index in [0.717, 1.165) is 6.07 Å². The fourth-order valence-electron chi connectivity index (χ4n) is 3.25. The van der Waals surface area contributed by atoms with Crippen LogP contribution in [0.2, 0.25) is 5.02 Å². The number of halogens is 2. The van der Waals surface area contributed by atoms with Crippen LogP contribution in [0, 0.1) is 12.7 Å². The summed E-state index contributed by atoms with van der Waals surface area (Å²) in [5, 5.41) is 0.224. The normalized spacial score (nSPS) is 13.9. The smallest absolute Gasteiger partial charge is 0.271 e. The van der Waals surface area contributed by atoms with Crippen LogP contribution in [-0.4, -0.2) is 77.7 Å². The van der Waals surface area contributed by atoms with E-state index in [-0.39, 0.29) is 41.2 Å². The van der Waals surface area contributed by atoms with Crippen LogP contribution in [0.5, 0.6) is 0 Å². The summed E-state index contributed by atoms with van der Waals surface area (Å²) in [6.45, 7) is 2.89. The van der Waals surface area contributed by atoms with Crippen molar-refractivity contribution in [2.24, 2.45) is 0 Å². The van der Waals surface area contributed by atoms with Gasteiger partial charge in [-0.25, -0.2) is 9.37 Å². The highest BCUT2D eigenvalue weighted by molar-refractivity contribution is 6.30. The Morgan fingerprint density at radius 2 is 1.50 bits per heavy atom. The van der Waals surface area contributed by atoms with Gasteiger partial charge in [0.25, 0.3) is 17.7 Å². The zero-order valence-corrected chi connectivity index (χ0v) is 17.7. The molecule has 30 heavy (non-hydrogen) atoms. The first-order valence-electron chi connectivity index (χ1n) is 9.42. The summed E-state index contributed by atoms with van der Waals surface area (Å²) >= 11 is 5.74. The molecule has 3 amide bonds. The number of pyridine rings is 1. The van der Waals surface area contributed by atoms with Gasteiger partial charge < -0.3 is 14.7 Å². The Hall–Kier alpha value is -3.00. The van der Waals surface area contributed by atoms with Gasteiger partial charge in [0.15, 0.2) is 0 Å². The summed E-state index contributed by atoms with van der Waals surface area (Å²) in [7, 11) is 3.27. The van der Waals surface area contributed by atoms with Gasteiger partial charge in [0.05, 0.1) is 16.8 Å². The number of aromatic nitrogens is 1. The second kappa shape index (κ2) is 8.79. The zero-order valence-electron chi connectivity index (χ0n) is 17.0. The van der Waals surface area contributed by atoms with Crippen LogP contribution in [-0.2, 0) is 0 Å². The first-order chi connectivity index (χ1) is 14.2. The molecule has 0 atom stereocenters. The summed E-state index contributed by atoms with van der Waals surface area (Å²) in [6.07, 6.45) is 0. The molecule has 158 valence electrons. The van der Waals surface area contributed by atoms with E-state index in [1.807, 2.05) is 0 Å². The molecule has 1 fully saturated rings. The first-order valence-corrected chi connectivity index (χ1v) is 9.79. The summed E-state index contributed by atoms with van der Waals surface area (Å²) < 4.78 is 14.0. The molecule has 7 nitrogen and oxygen atoms in total. The fourth-order valence-corrected chi connectivity index (χ4v) is 3.41. The van der Waals surface area contributed by atoms with Gasteiger partial charge in [-0.05, 0) is 37.3 Å². The number of nitrogens with zero attached hydrogens (tertiary/aromatic N) is 4. The third-order valence-electron chi connectivity index (χ3n) is 4.96. The lowest BCUT2D eigenvalue weighted by molar-refractivity contribution is 0.0532. The second-order valence-corrected chi connectivity index (χ2v) is 7.67. The number of carbonyl (C=O) groups excluding carboxylic acids is 3. The highest BCUT2D eigenvalue weighted by atomic mass is 35.5. The minimum atomic E-state index is -0.667. The van der Waals surface area contributed by atoms with Crippen molar-refractivity contribution in [1.82, 2.24) is 19.7 Å². The van der Waals surface area contributed by atoms with Crippen molar-refractivity contribution in [3.05, 3.63) is 63.7 Å². The average molecular weight is 433 g/mol. The number of carbonyl (C=O) groups is 3. The van der Waals surface area contributed by atoms with Gasteiger partial charge in [0, 0.05) is 45.3 Å². The molecule has 9 heteroatoms. The lowest BCUT2D eigenvalue weighted by Crippen LogP contribution is -2.50. The van der Waals surface area contributed by atoms with Crippen molar-refractivity contribution in [3.8, 4) is 0 Å². The highest BCUT2D eigenvalue weighted by Crippen LogP contribution is 2.18. The van der Waals surface area contributed by atoms with Crippen molar-refractivity contribution < 1.29 is 18.8 Å². The van der Waals surface area contributed by atoms with Crippen LogP contribution in [0.15, 0.2) is 30.3 Å². The van der Waals surface area contributed by atoms with Crippen molar-refractivity contribution in [3.63, 3.8) is 0 Å². The molecule has 0 unspecified atom stereocenters. The van der Waals surface area contributed by atoms with E-state index < -0.39 is 11.7 Å². The van der Waals surface area contributed by atoms with E-state index in [9.17, 15) is 18.8 Å². The number of benzene rings is 1. The SMILES string of the molecule is Cc1nc(C(=O)N(C)C)ccc1C(=O)N1CCN(C(=O)c2ccc(Cl)cc2F)CC1. The molecular formula is C21H22ClFN4O3. The molecule has 1 aliphatic rings. The van der Waals surface area contributed by atoms with Crippen molar-refractivity contribution in [1.29, 1.82) is 0 Å². The zero-order chi connectivity index (χ0) is 22.0. The number of amides is 3. The number of hydrogen-bond donors (Lipinski definition) is 0. The van der Waals surface area contributed by atoms with Gasteiger partial charge in [0.1, 0.15) is 11.5 Å². The molecule has 0 bridgehead atoms. The van der Waals surface area contributed by atoms with Crippen LogP contribution >= 0.6 is 11.6 Å². The fraction of sp³-hybridized carbons (Fsp3) is 0.333. The molecule has 2 heterocycles. The van der Waals surface area contributed by atoms with Crippen molar-refractivity contribution in [2.45, 2.75) is 6.92 Å². The predicted molar refractivity (Wildman–Crippen MR) is 110 cm³/mol. The summed E-state index contributed by atoms with van der Waals surface area (Å²) in [6, 6.07) is 7.07. The molecule has 2 aromatic rings. The Morgan fingerprint density at radius 1 is 0.967 bits per heavy atom. The van der Waals surface area contributed by atoms with Crippen LogP contribution < -0.4 is 0 Å². The number of piperazine rings is 1. The van der Waals surface area contributed by atoms with Gasteiger partial charge in [-0.3, -0.25) is 14.4 Å². The predicted octanol–water partition coefficient (Wildman–Crippen LogP) is 2.48. The van der Waals surface area contributed by atoms with E-state index in [1.165, 1.54) is 28.0 Å². The Morgan fingerprint density at radius 3 is 2.00 bits per heavy atom. The van der Waals surface area contributed by atoms with E-state index in [4.69, 9.17) is 11.6 Å². The summed E-state index contributed by atoms with van der Waals surface area (Å²) in [4.78, 5) is 46.3. The lowest BCUT2D eigenvalue weighted by atomic mass is 10.1. The van der Waals surface area contributed by atoms with Gasteiger partial charge in [-0.2, -0.15) is 0 Å². The molecular weight excluding hydrogens is 411 g/mol. The topological polar surface area (TPSA) is 73.8 Å². The van der Waals surface area contributed by atoms with Crippen LogP contribution in [0.25, 0.3) is 0 Å². The van der Waals surface area contributed by atoms with Crippen molar-refractivity contribution >= 4 is 29.3 Å². The molecule has 1 aromatic heterocycles. The minimum absolute atomic E-state index is 0.0413.